The molecule has 1 unspecified atom stereocenters. The summed E-state index contributed by atoms with van der Waals surface area (Å²) in [4.78, 5) is 0. The fraction of sp³-hybridized carbons (Fsp3) is 1.00. The van der Waals surface area contributed by atoms with Crippen molar-refractivity contribution in [3.8, 4) is 0 Å². The van der Waals surface area contributed by atoms with E-state index in [0.29, 0.717) is 0 Å². The van der Waals surface area contributed by atoms with Gasteiger partial charge in [0.1, 0.15) is 0 Å². The highest BCUT2D eigenvalue weighted by molar-refractivity contribution is 9.09. The SMILES string of the molecule is CCCCCCCCC(CBr)CCCC(C)C. The van der Waals surface area contributed by atoms with E-state index in [9.17, 15) is 0 Å². The molecule has 1 heteroatoms. The number of hydrogen-bond acceptors (Lipinski definition) is 0. The molecule has 0 nitrogen and oxygen atoms in total. The van der Waals surface area contributed by atoms with Gasteiger partial charge >= 0.3 is 0 Å². The number of unbranched alkanes of at least 4 members (excludes halogenated alkanes) is 5. The molecule has 0 amide bonds. The van der Waals surface area contributed by atoms with Crippen molar-refractivity contribution in [2.75, 3.05) is 5.33 Å². The maximum absolute atomic E-state index is 3.68. The van der Waals surface area contributed by atoms with Crippen LogP contribution in [0.4, 0.5) is 0 Å². The van der Waals surface area contributed by atoms with Crippen molar-refractivity contribution in [1.82, 2.24) is 0 Å². The van der Waals surface area contributed by atoms with Crippen molar-refractivity contribution in [1.29, 1.82) is 0 Å². The summed E-state index contributed by atoms with van der Waals surface area (Å²) in [5.74, 6) is 1.81. The molecule has 0 spiro atoms. The third-order valence-electron chi connectivity index (χ3n) is 3.58. The maximum atomic E-state index is 3.68. The van der Waals surface area contributed by atoms with Gasteiger partial charge in [-0.25, -0.2) is 0 Å². The van der Waals surface area contributed by atoms with E-state index in [1.54, 1.807) is 0 Å². The molecular formula is C16H33Br. The van der Waals surface area contributed by atoms with Crippen LogP contribution >= 0.6 is 15.9 Å². The smallest absolute Gasteiger partial charge is 0.00596 e. The molecule has 0 aliphatic heterocycles. The van der Waals surface area contributed by atoms with Crippen LogP contribution in [0.1, 0.15) is 85.0 Å². The summed E-state index contributed by atoms with van der Waals surface area (Å²) < 4.78 is 0. The molecule has 0 aromatic rings. The largest absolute Gasteiger partial charge is 0.0925 e. The highest BCUT2D eigenvalue weighted by Gasteiger charge is 2.07. The Balaban J connectivity index is 3.35. The van der Waals surface area contributed by atoms with E-state index in [4.69, 9.17) is 0 Å². The zero-order chi connectivity index (χ0) is 12.9. The molecule has 0 aliphatic rings. The first-order valence-corrected chi connectivity index (χ1v) is 8.88. The third-order valence-corrected chi connectivity index (χ3v) is 4.49. The van der Waals surface area contributed by atoms with E-state index in [1.165, 1.54) is 69.5 Å². The second kappa shape index (κ2) is 12.9. The second-order valence-electron chi connectivity index (χ2n) is 5.90. The minimum Gasteiger partial charge on any atom is -0.0925 e. The monoisotopic (exact) mass is 304 g/mol. The van der Waals surface area contributed by atoms with Crippen LogP contribution in [0.2, 0.25) is 0 Å². The van der Waals surface area contributed by atoms with Gasteiger partial charge in [-0.1, -0.05) is 88.1 Å². The average molecular weight is 305 g/mol. The van der Waals surface area contributed by atoms with Crippen molar-refractivity contribution in [2.45, 2.75) is 85.0 Å². The zero-order valence-corrected chi connectivity index (χ0v) is 13.9. The molecule has 0 aromatic carbocycles. The van der Waals surface area contributed by atoms with Gasteiger partial charge in [0.15, 0.2) is 0 Å². The summed E-state index contributed by atoms with van der Waals surface area (Å²) in [6, 6.07) is 0. The van der Waals surface area contributed by atoms with E-state index < -0.39 is 0 Å². The molecule has 0 aliphatic carbocycles. The highest BCUT2D eigenvalue weighted by atomic mass is 79.9. The summed E-state index contributed by atoms with van der Waals surface area (Å²) in [6.07, 6.45) is 14.3. The van der Waals surface area contributed by atoms with E-state index in [0.717, 1.165) is 11.8 Å². The van der Waals surface area contributed by atoms with Crippen LogP contribution in [0.5, 0.6) is 0 Å². The van der Waals surface area contributed by atoms with Crippen molar-refractivity contribution in [2.24, 2.45) is 11.8 Å². The molecular weight excluding hydrogens is 272 g/mol. The van der Waals surface area contributed by atoms with E-state index in [-0.39, 0.29) is 0 Å². The van der Waals surface area contributed by atoms with Crippen molar-refractivity contribution in [3.63, 3.8) is 0 Å². The second-order valence-corrected chi connectivity index (χ2v) is 6.55. The average Bonchev–Trinajstić information content (AvgIpc) is 2.30. The predicted octanol–water partition coefficient (Wildman–Crippen LogP) is 6.57. The predicted molar refractivity (Wildman–Crippen MR) is 84.0 cm³/mol. The van der Waals surface area contributed by atoms with Gasteiger partial charge in [-0.15, -0.1) is 0 Å². The summed E-state index contributed by atoms with van der Waals surface area (Å²) in [7, 11) is 0. The lowest BCUT2D eigenvalue weighted by molar-refractivity contribution is 0.424. The lowest BCUT2D eigenvalue weighted by Gasteiger charge is -2.14. The number of halogens is 1. The van der Waals surface area contributed by atoms with Crippen LogP contribution in [-0.2, 0) is 0 Å². The topological polar surface area (TPSA) is 0 Å². The van der Waals surface area contributed by atoms with Crippen LogP contribution in [0.3, 0.4) is 0 Å². The third kappa shape index (κ3) is 12.7. The van der Waals surface area contributed by atoms with Crippen LogP contribution in [0.25, 0.3) is 0 Å². The Morgan fingerprint density at radius 2 is 1.35 bits per heavy atom. The first-order chi connectivity index (χ1) is 8.20. The Morgan fingerprint density at radius 3 is 1.94 bits per heavy atom. The molecule has 1 atom stereocenters. The molecule has 0 saturated heterocycles. The summed E-state index contributed by atoms with van der Waals surface area (Å²) >= 11 is 3.68. The Hall–Kier alpha value is 0.480. The molecule has 0 radical (unpaired) electrons. The lowest BCUT2D eigenvalue weighted by Crippen LogP contribution is -2.03. The molecule has 0 saturated carbocycles. The van der Waals surface area contributed by atoms with Gasteiger partial charge in [0.2, 0.25) is 0 Å². The molecule has 0 heterocycles. The minimum atomic E-state index is 0.875. The van der Waals surface area contributed by atoms with Crippen molar-refractivity contribution in [3.05, 3.63) is 0 Å². The maximum Gasteiger partial charge on any atom is 0.00596 e. The summed E-state index contributed by atoms with van der Waals surface area (Å²) in [5, 5.41) is 1.21. The van der Waals surface area contributed by atoms with Crippen LogP contribution in [0.15, 0.2) is 0 Å². The molecule has 0 N–H and O–H groups in total. The molecule has 0 aromatic heterocycles. The Bertz CT molecular complexity index is 142. The molecule has 104 valence electrons. The normalized spacial score (nSPS) is 13.2. The first-order valence-electron chi connectivity index (χ1n) is 7.76. The summed E-state index contributed by atoms with van der Waals surface area (Å²) in [5.41, 5.74) is 0. The Morgan fingerprint density at radius 1 is 0.765 bits per heavy atom. The standard InChI is InChI=1S/C16H33Br/c1-4-5-6-7-8-9-12-16(14-17)13-10-11-15(2)3/h15-16H,4-14H2,1-3H3. The zero-order valence-electron chi connectivity index (χ0n) is 12.3. The van der Waals surface area contributed by atoms with Gasteiger partial charge in [0.25, 0.3) is 0 Å². The quantitative estimate of drug-likeness (QED) is 0.282. The molecule has 17 heavy (non-hydrogen) atoms. The van der Waals surface area contributed by atoms with Crippen molar-refractivity contribution >= 4 is 15.9 Å². The number of hydrogen-bond donors (Lipinski definition) is 0. The van der Waals surface area contributed by atoms with E-state index in [1.807, 2.05) is 0 Å². The fourth-order valence-electron chi connectivity index (χ4n) is 2.33. The van der Waals surface area contributed by atoms with E-state index >= 15 is 0 Å². The highest BCUT2D eigenvalue weighted by Crippen LogP contribution is 2.21. The Labute approximate surface area is 118 Å². The molecule has 0 fully saturated rings. The lowest BCUT2D eigenvalue weighted by atomic mass is 9.95. The summed E-state index contributed by atoms with van der Waals surface area (Å²) in [6.45, 7) is 6.95. The molecule has 0 bridgehead atoms. The number of rotatable bonds is 12. The van der Waals surface area contributed by atoms with E-state index in [2.05, 4.69) is 36.7 Å². The van der Waals surface area contributed by atoms with Gasteiger partial charge < -0.3 is 0 Å². The van der Waals surface area contributed by atoms with Crippen LogP contribution in [0, 0.1) is 11.8 Å². The Kier molecular flexibility index (Phi) is 13.3. The van der Waals surface area contributed by atoms with Gasteiger partial charge in [-0.3, -0.25) is 0 Å². The van der Waals surface area contributed by atoms with Gasteiger partial charge in [0, 0.05) is 5.33 Å². The van der Waals surface area contributed by atoms with Crippen LogP contribution in [-0.4, -0.2) is 5.33 Å². The first kappa shape index (κ1) is 17.5. The van der Waals surface area contributed by atoms with Crippen molar-refractivity contribution < 1.29 is 0 Å². The fourth-order valence-corrected chi connectivity index (χ4v) is 2.97. The molecule has 0 rings (SSSR count). The van der Waals surface area contributed by atoms with Crippen LogP contribution < -0.4 is 0 Å². The van der Waals surface area contributed by atoms with Gasteiger partial charge in [0.05, 0.1) is 0 Å². The van der Waals surface area contributed by atoms with Gasteiger partial charge in [-0.2, -0.15) is 0 Å². The minimum absolute atomic E-state index is 0.875. The van der Waals surface area contributed by atoms with Gasteiger partial charge in [-0.05, 0) is 24.7 Å². The number of alkyl halides is 1.